The van der Waals surface area contributed by atoms with Crippen LogP contribution in [0, 0.1) is 0 Å². The van der Waals surface area contributed by atoms with Crippen molar-refractivity contribution >= 4 is 28.4 Å². The van der Waals surface area contributed by atoms with Crippen molar-refractivity contribution in [2.75, 3.05) is 32.6 Å². The Morgan fingerprint density at radius 3 is 2.47 bits per heavy atom. The molecule has 0 aliphatic carbocycles. The first-order chi connectivity index (χ1) is 16.5. The van der Waals surface area contributed by atoms with Crippen LogP contribution in [0.5, 0.6) is 11.5 Å². The van der Waals surface area contributed by atoms with Gasteiger partial charge in [-0.05, 0) is 37.5 Å². The van der Waals surface area contributed by atoms with Gasteiger partial charge in [-0.15, -0.1) is 0 Å². The van der Waals surface area contributed by atoms with Gasteiger partial charge in [-0.1, -0.05) is 12.1 Å². The summed E-state index contributed by atoms with van der Waals surface area (Å²) in [5, 5.41) is 3.33. The van der Waals surface area contributed by atoms with Crippen LogP contribution in [0.4, 0.5) is 5.69 Å². The van der Waals surface area contributed by atoms with Crippen LogP contribution in [0.2, 0.25) is 0 Å². The van der Waals surface area contributed by atoms with Crippen LogP contribution in [0.25, 0.3) is 10.9 Å². The quantitative estimate of drug-likeness (QED) is 0.577. The molecule has 0 radical (unpaired) electrons. The maximum atomic E-state index is 13.2. The van der Waals surface area contributed by atoms with Gasteiger partial charge in [0.1, 0.15) is 0 Å². The van der Waals surface area contributed by atoms with E-state index in [1.54, 1.807) is 35.2 Å². The molecule has 0 unspecified atom stereocenters. The number of carbonyl (C=O) groups excluding carboxylic acids is 2. The first kappa shape index (κ1) is 23.3. The second-order valence-electron chi connectivity index (χ2n) is 8.16. The minimum absolute atomic E-state index is 0.0333. The zero-order valence-corrected chi connectivity index (χ0v) is 19.4. The number of aromatic nitrogens is 2. The van der Waals surface area contributed by atoms with Gasteiger partial charge in [0.15, 0.2) is 11.5 Å². The van der Waals surface area contributed by atoms with Gasteiger partial charge < -0.3 is 19.7 Å². The molecule has 0 spiro atoms. The second kappa shape index (κ2) is 10.4. The molecule has 1 aromatic heterocycles. The number of benzene rings is 2. The number of nitrogens with one attached hydrogen (secondary N) is 1. The van der Waals surface area contributed by atoms with Crippen molar-refractivity contribution in [3.05, 3.63) is 58.6 Å². The van der Waals surface area contributed by atoms with Gasteiger partial charge in [0, 0.05) is 32.1 Å². The number of nitrogens with zero attached hydrogens (tertiary/aromatic N) is 3. The Bertz CT molecular complexity index is 1260. The highest BCUT2D eigenvalue weighted by Crippen LogP contribution is 2.34. The summed E-state index contributed by atoms with van der Waals surface area (Å²) in [4.78, 5) is 44.8. The molecule has 1 fully saturated rings. The van der Waals surface area contributed by atoms with Crippen LogP contribution in [0.1, 0.15) is 36.0 Å². The molecular formula is C25H28N4O5. The van der Waals surface area contributed by atoms with Gasteiger partial charge in [0.25, 0.3) is 11.5 Å². The van der Waals surface area contributed by atoms with Gasteiger partial charge >= 0.3 is 0 Å². The van der Waals surface area contributed by atoms with E-state index in [9.17, 15) is 14.4 Å². The number of ether oxygens (including phenoxy) is 2. The zero-order valence-electron chi connectivity index (χ0n) is 19.4. The lowest BCUT2D eigenvalue weighted by Crippen LogP contribution is -2.36. The number of anilines is 1. The lowest BCUT2D eigenvalue weighted by atomic mass is 10.1. The third-order valence-corrected chi connectivity index (χ3v) is 5.98. The van der Waals surface area contributed by atoms with E-state index < -0.39 is 0 Å². The molecule has 1 saturated heterocycles. The number of hydrogen-bond donors (Lipinski definition) is 1. The standard InChI is InChI=1S/C25H28N4O5/c1-33-21-14-18(25(32)28-11-6-3-7-12-28)20(15-22(21)34-2)27-23(30)10-13-29-16-26-19-9-5-4-8-17(19)24(29)31/h4-5,8-9,14-16H,3,6-7,10-13H2,1-2H3,(H,27,30). The Labute approximate surface area is 197 Å². The lowest BCUT2D eigenvalue weighted by Gasteiger charge is -2.28. The van der Waals surface area contributed by atoms with Gasteiger partial charge in [0.2, 0.25) is 5.91 Å². The fourth-order valence-corrected chi connectivity index (χ4v) is 4.13. The van der Waals surface area contributed by atoms with Crippen molar-refractivity contribution in [3.63, 3.8) is 0 Å². The van der Waals surface area contributed by atoms with Gasteiger partial charge in [-0.25, -0.2) is 4.98 Å². The third-order valence-electron chi connectivity index (χ3n) is 5.98. The monoisotopic (exact) mass is 464 g/mol. The number of methoxy groups -OCH3 is 2. The van der Waals surface area contributed by atoms with Crippen LogP contribution in [0.3, 0.4) is 0 Å². The SMILES string of the molecule is COc1cc(NC(=O)CCn2cnc3ccccc3c2=O)c(C(=O)N2CCCCC2)cc1OC. The van der Waals surface area contributed by atoms with E-state index in [-0.39, 0.29) is 30.3 Å². The molecule has 34 heavy (non-hydrogen) atoms. The number of amides is 2. The summed E-state index contributed by atoms with van der Waals surface area (Å²) in [6.45, 7) is 1.52. The molecule has 0 atom stereocenters. The molecule has 1 aliphatic heterocycles. The molecule has 9 nitrogen and oxygen atoms in total. The van der Waals surface area contributed by atoms with Crippen LogP contribution in [-0.2, 0) is 11.3 Å². The van der Waals surface area contributed by atoms with Crippen molar-refractivity contribution in [3.8, 4) is 11.5 Å². The summed E-state index contributed by atoms with van der Waals surface area (Å²) >= 11 is 0. The summed E-state index contributed by atoms with van der Waals surface area (Å²) in [6.07, 6.45) is 4.48. The highest BCUT2D eigenvalue weighted by atomic mass is 16.5. The summed E-state index contributed by atoms with van der Waals surface area (Å²) in [5.41, 5.74) is 1.10. The molecule has 1 N–H and O–H groups in total. The van der Waals surface area contributed by atoms with E-state index in [0.717, 1.165) is 19.3 Å². The molecule has 2 aromatic carbocycles. The van der Waals surface area contributed by atoms with E-state index in [4.69, 9.17) is 9.47 Å². The third kappa shape index (κ3) is 4.88. The largest absolute Gasteiger partial charge is 0.493 e. The Morgan fingerprint density at radius 2 is 1.74 bits per heavy atom. The van der Waals surface area contributed by atoms with E-state index in [2.05, 4.69) is 10.3 Å². The lowest BCUT2D eigenvalue weighted by molar-refractivity contribution is -0.116. The average molecular weight is 465 g/mol. The zero-order chi connectivity index (χ0) is 24.1. The number of aryl methyl sites for hydroxylation is 1. The van der Waals surface area contributed by atoms with Crippen LogP contribution in [-0.4, -0.2) is 53.6 Å². The summed E-state index contributed by atoms with van der Waals surface area (Å²) in [5.74, 6) is 0.323. The van der Waals surface area contributed by atoms with Crippen LogP contribution >= 0.6 is 0 Å². The topological polar surface area (TPSA) is 103 Å². The van der Waals surface area contributed by atoms with E-state index >= 15 is 0 Å². The van der Waals surface area contributed by atoms with E-state index in [1.165, 1.54) is 25.1 Å². The number of piperidine rings is 1. The first-order valence-electron chi connectivity index (χ1n) is 11.3. The predicted molar refractivity (Wildman–Crippen MR) is 129 cm³/mol. The second-order valence-corrected chi connectivity index (χ2v) is 8.16. The number of fused-ring (bicyclic) bond motifs is 1. The van der Waals surface area contributed by atoms with E-state index in [0.29, 0.717) is 46.7 Å². The molecule has 9 heteroatoms. The predicted octanol–water partition coefficient (Wildman–Crippen LogP) is 3.07. The van der Waals surface area contributed by atoms with Crippen molar-refractivity contribution in [1.29, 1.82) is 0 Å². The number of hydrogen-bond acceptors (Lipinski definition) is 6. The number of likely N-dealkylation sites (tertiary alicyclic amines) is 1. The molecule has 0 bridgehead atoms. The molecule has 0 saturated carbocycles. The Kier molecular flexibility index (Phi) is 7.10. The molecule has 2 amide bonds. The first-order valence-corrected chi connectivity index (χ1v) is 11.3. The van der Waals surface area contributed by atoms with Crippen LogP contribution in [0.15, 0.2) is 47.5 Å². The minimum atomic E-state index is -0.333. The Hall–Kier alpha value is -3.88. The smallest absolute Gasteiger partial charge is 0.261 e. The Balaban J connectivity index is 1.55. The van der Waals surface area contributed by atoms with Crippen molar-refractivity contribution in [2.24, 2.45) is 0 Å². The fourth-order valence-electron chi connectivity index (χ4n) is 4.13. The molecule has 178 valence electrons. The molecule has 3 aromatic rings. The van der Waals surface area contributed by atoms with Crippen molar-refractivity contribution in [1.82, 2.24) is 14.5 Å². The minimum Gasteiger partial charge on any atom is -0.493 e. The van der Waals surface area contributed by atoms with Gasteiger partial charge in [-0.3, -0.25) is 19.0 Å². The van der Waals surface area contributed by atoms with Gasteiger partial charge in [0.05, 0.1) is 42.7 Å². The number of para-hydroxylation sites is 1. The maximum Gasteiger partial charge on any atom is 0.261 e. The average Bonchev–Trinajstić information content (AvgIpc) is 2.88. The maximum absolute atomic E-state index is 13.2. The van der Waals surface area contributed by atoms with Crippen molar-refractivity contribution in [2.45, 2.75) is 32.2 Å². The summed E-state index contributed by atoms with van der Waals surface area (Å²) in [6, 6.07) is 10.3. The fraction of sp³-hybridized carbons (Fsp3) is 0.360. The number of carbonyl (C=O) groups is 2. The molecule has 1 aliphatic rings. The highest BCUT2D eigenvalue weighted by molar-refractivity contribution is 6.04. The normalized spacial score (nSPS) is 13.5. The number of rotatable bonds is 7. The van der Waals surface area contributed by atoms with Crippen molar-refractivity contribution < 1.29 is 19.1 Å². The van der Waals surface area contributed by atoms with E-state index in [1.807, 2.05) is 6.07 Å². The Morgan fingerprint density at radius 1 is 1.03 bits per heavy atom. The van der Waals surface area contributed by atoms with Crippen LogP contribution < -0.4 is 20.3 Å². The summed E-state index contributed by atoms with van der Waals surface area (Å²) < 4.78 is 12.2. The van der Waals surface area contributed by atoms with Gasteiger partial charge in [-0.2, -0.15) is 0 Å². The summed E-state index contributed by atoms with van der Waals surface area (Å²) in [7, 11) is 3.00. The molecule has 4 rings (SSSR count). The molecule has 2 heterocycles. The highest BCUT2D eigenvalue weighted by Gasteiger charge is 2.24. The molecular weight excluding hydrogens is 436 g/mol.